The Labute approximate surface area is 155 Å². The first-order valence-corrected chi connectivity index (χ1v) is 9.79. The molecule has 140 valence electrons. The van der Waals surface area contributed by atoms with Crippen molar-refractivity contribution in [3.8, 4) is 0 Å². The second-order valence-corrected chi connectivity index (χ2v) is 8.12. The minimum atomic E-state index is -0.145. The van der Waals surface area contributed by atoms with Crippen LogP contribution in [0.15, 0.2) is 24.5 Å². The molecule has 0 unspecified atom stereocenters. The van der Waals surface area contributed by atoms with E-state index in [-0.39, 0.29) is 17.4 Å². The molecular formula is C20H28N4O2. The van der Waals surface area contributed by atoms with E-state index in [1.165, 1.54) is 19.3 Å². The Balaban J connectivity index is 1.50. The summed E-state index contributed by atoms with van der Waals surface area (Å²) >= 11 is 0. The van der Waals surface area contributed by atoms with Gasteiger partial charge in [0, 0.05) is 31.7 Å². The number of hydrogen-bond acceptors (Lipinski definition) is 4. The predicted molar refractivity (Wildman–Crippen MR) is 99.7 cm³/mol. The zero-order valence-corrected chi connectivity index (χ0v) is 15.6. The molecule has 0 radical (unpaired) electrons. The summed E-state index contributed by atoms with van der Waals surface area (Å²) in [6, 6.07) is 3.80. The summed E-state index contributed by atoms with van der Waals surface area (Å²) < 4.78 is 0. The molecule has 1 aliphatic carbocycles. The largest absolute Gasteiger partial charge is 0.340 e. The Hall–Kier alpha value is -1.95. The number of pyridine rings is 1. The van der Waals surface area contributed by atoms with Crippen LogP contribution in [0.1, 0.15) is 38.5 Å². The van der Waals surface area contributed by atoms with E-state index in [9.17, 15) is 9.59 Å². The minimum absolute atomic E-state index is 0.100. The van der Waals surface area contributed by atoms with Crippen LogP contribution in [0.4, 0.5) is 5.69 Å². The van der Waals surface area contributed by atoms with Crippen LogP contribution >= 0.6 is 0 Å². The lowest BCUT2D eigenvalue weighted by molar-refractivity contribution is -0.136. The van der Waals surface area contributed by atoms with Gasteiger partial charge in [0.2, 0.25) is 11.8 Å². The van der Waals surface area contributed by atoms with Crippen molar-refractivity contribution in [1.29, 1.82) is 0 Å². The van der Waals surface area contributed by atoms with E-state index in [1.54, 1.807) is 12.4 Å². The number of likely N-dealkylation sites (tertiary alicyclic amines) is 1. The molecule has 1 aromatic heterocycles. The van der Waals surface area contributed by atoms with Gasteiger partial charge in [-0.25, -0.2) is 0 Å². The van der Waals surface area contributed by atoms with Gasteiger partial charge in [-0.3, -0.25) is 19.5 Å². The molecule has 0 aromatic carbocycles. The Kier molecular flexibility index (Phi) is 4.69. The molecular weight excluding hydrogens is 328 g/mol. The van der Waals surface area contributed by atoms with Crippen LogP contribution in [0.5, 0.6) is 0 Å². The first-order valence-electron chi connectivity index (χ1n) is 9.79. The zero-order valence-electron chi connectivity index (χ0n) is 15.6. The van der Waals surface area contributed by atoms with Crippen LogP contribution in [0.25, 0.3) is 0 Å². The molecule has 6 nitrogen and oxygen atoms in total. The number of nitrogens with zero attached hydrogens (tertiary/aromatic N) is 4. The van der Waals surface area contributed by atoms with E-state index in [4.69, 9.17) is 0 Å². The lowest BCUT2D eigenvalue weighted by Crippen LogP contribution is -2.64. The lowest BCUT2D eigenvalue weighted by atomic mass is 9.88. The number of carbonyl (C=O) groups excluding carboxylic acids is 2. The quantitative estimate of drug-likeness (QED) is 0.812. The first-order chi connectivity index (χ1) is 12.6. The lowest BCUT2D eigenvalue weighted by Gasteiger charge is -2.46. The van der Waals surface area contributed by atoms with Gasteiger partial charge in [-0.15, -0.1) is 0 Å². The van der Waals surface area contributed by atoms with Crippen LogP contribution in [0.2, 0.25) is 0 Å². The van der Waals surface area contributed by atoms with Crippen LogP contribution in [0.3, 0.4) is 0 Å². The molecule has 0 N–H and O–H groups in total. The molecule has 1 aromatic rings. The molecule has 6 heteroatoms. The van der Waals surface area contributed by atoms with E-state index in [0.717, 1.165) is 38.0 Å². The highest BCUT2D eigenvalue weighted by molar-refractivity contribution is 5.96. The Bertz CT molecular complexity index is 674. The molecule has 2 saturated heterocycles. The van der Waals surface area contributed by atoms with Crippen molar-refractivity contribution in [3.63, 3.8) is 0 Å². The van der Waals surface area contributed by atoms with E-state index < -0.39 is 0 Å². The number of likely N-dealkylation sites (N-methyl/N-ethyl adjacent to an activating group) is 1. The third-order valence-corrected chi connectivity index (χ3v) is 6.49. The Morgan fingerprint density at radius 1 is 1.23 bits per heavy atom. The summed E-state index contributed by atoms with van der Waals surface area (Å²) in [4.78, 5) is 35.8. The third-order valence-electron chi connectivity index (χ3n) is 6.49. The van der Waals surface area contributed by atoms with Gasteiger partial charge in [-0.05, 0) is 38.4 Å². The van der Waals surface area contributed by atoms with Crippen molar-refractivity contribution in [2.75, 3.05) is 38.1 Å². The fourth-order valence-corrected chi connectivity index (χ4v) is 4.80. The highest BCUT2D eigenvalue weighted by atomic mass is 16.2. The Morgan fingerprint density at radius 3 is 2.77 bits per heavy atom. The number of hydrogen-bond donors (Lipinski definition) is 0. The molecule has 3 aliphatic rings. The van der Waals surface area contributed by atoms with Gasteiger partial charge in [-0.1, -0.05) is 19.3 Å². The van der Waals surface area contributed by atoms with Gasteiger partial charge < -0.3 is 9.80 Å². The number of carbonyl (C=O) groups is 2. The molecule has 1 spiro atoms. The number of piperazine rings is 1. The summed E-state index contributed by atoms with van der Waals surface area (Å²) in [6.07, 6.45) is 10.1. The summed E-state index contributed by atoms with van der Waals surface area (Å²) in [5.74, 6) is 0.645. The molecule has 2 aliphatic heterocycles. The second-order valence-electron chi connectivity index (χ2n) is 8.12. The van der Waals surface area contributed by atoms with E-state index in [2.05, 4.69) is 14.8 Å². The fraction of sp³-hybridized carbons (Fsp3) is 0.650. The smallest absolute Gasteiger partial charge is 0.241 e. The van der Waals surface area contributed by atoms with Crippen molar-refractivity contribution in [2.45, 2.75) is 44.1 Å². The molecule has 26 heavy (non-hydrogen) atoms. The molecule has 0 bridgehead atoms. The average Bonchev–Trinajstić information content (AvgIpc) is 3.11. The van der Waals surface area contributed by atoms with Crippen molar-refractivity contribution < 1.29 is 9.59 Å². The highest BCUT2D eigenvalue weighted by Crippen LogP contribution is 2.35. The van der Waals surface area contributed by atoms with Gasteiger partial charge in [0.25, 0.3) is 0 Å². The maximum absolute atomic E-state index is 13.0. The van der Waals surface area contributed by atoms with E-state index in [1.807, 2.05) is 24.1 Å². The maximum atomic E-state index is 13.0. The summed E-state index contributed by atoms with van der Waals surface area (Å²) in [6.45, 7) is 2.54. The van der Waals surface area contributed by atoms with Crippen molar-refractivity contribution in [3.05, 3.63) is 24.5 Å². The molecule has 3 heterocycles. The Morgan fingerprint density at radius 2 is 2.04 bits per heavy atom. The van der Waals surface area contributed by atoms with Crippen molar-refractivity contribution in [2.24, 2.45) is 5.92 Å². The van der Waals surface area contributed by atoms with Crippen molar-refractivity contribution in [1.82, 2.24) is 14.8 Å². The topological polar surface area (TPSA) is 56.8 Å². The van der Waals surface area contributed by atoms with Gasteiger partial charge in [0.05, 0.1) is 24.0 Å². The SMILES string of the molecule is CN1CC(=O)N(c2cccnc2)C[C@@]12CCN(C(=O)C1CCCCC1)C2. The van der Waals surface area contributed by atoms with Gasteiger partial charge in [0.15, 0.2) is 0 Å². The average molecular weight is 356 g/mol. The van der Waals surface area contributed by atoms with Crippen LogP contribution in [-0.2, 0) is 9.59 Å². The summed E-state index contributed by atoms with van der Waals surface area (Å²) in [7, 11) is 2.02. The molecule has 1 atom stereocenters. The maximum Gasteiger partial charge on any atom is 0.241 e. The van der Waals surface area contributed by atoms with Crippen LogP contribution in [-0.4, -0.2) is 65.4 Å². The number of amides is 2. The highest BCUT2D eigenvalue weighted by Gasteiger charge is 2.49. The van der Waals surface area contributed by atoms with E-state index in [0.29, 0.717) is 19.0 Å². The number of rotatable bonds is 2. The fourth-order valence-electron chi connectivity index (χ4n) is 4.80. The molecule has 4 rings (SSSR count). The summed E-state index contributed by atoms with van der Waals surface area (Å²) in [5, 5.41) is 0. The van der Waals surface area contributed by atoms with Gasteiger partial charge >= 0.3 is 0 Å². The molecule has 3 fully saturated rings. The van der Waals surface area contributed by atoms with Crippen LogP contribution in [0, 0.1) is 5.92 Å². The second kappa shape index (κ2) is 6.99. The molecule has 2 amide bonds. The predicted octanol–water partition coefficient (Wildman–Crippen LogP) is 1.91. The van der Waals surface area contributed by atoms with Gasteiger partial charge in [0.1, 0.15) is 0 Å². The monoisotopic (exact) mass is 356 g/mol. The van der Waals surface area contributed by atoms with E-state index >= 15 is 0 Å². The zero-order chi connectivity index (χ0) is 18.1. The standard InChI is InChI=1S/C20H28N4O2/c1-22-13-18(25)24(17-8-5-10-21-12-17)15-20(22)9-11-23(14-20)19(26)16-6-3-2-4-7-16/h5,8,10,12,16H,2-4,6-7,9,11,13-15H2,1H3/t20-/m0/s1. The third kappa shape index (κ3) is 3.11. The van der Waals surface area contributed by atoms with Gasteiger partial charge in [-0.2, -0.15) is 0 Å². The minimum Gasteiger partial charge on any atom is -0.340 e. The first kappa shape index (κ1) is 17.5. The summed E-state index contributed by atoms with van der Waals surface area (Å²) in [5.41, 5.74) is 0.704. The van der Waals surface area contributed by atoms with Crippen LogP contribution < -0.4 is 4.90 Å². The molecule has 1 saturated carbocycles. The van der Waals surface area contributed by atoms with Crippen molar-refractivity contribution >= 4 is 17.5 Å². The number of anilines is 1. The normalized spacial score (nSPS) is 28.1. The number of aromatic nitrogens is 1.